The summed E-state index contributed by atoms with van der Waals surface area (Å²) in [5.41, 5.74) is 0.389. The molecule has 0 aromatic heterocycles. The fourth-order valence-electron chi connectivity index (χ4n) is 2.54. The summed E-state index contributed by atoms with van der Waals surface area (Å²) in [7, 11) is 0. The molecule has 0 spiro atoms. The van der Waals surface area contributed by atoms with Crippen LogP contribution in [0.4, 0.5) is 17.6 Å². The predicted molar refractivity (Wildman–Crippen MR) is 62.2 cm³/mol. The summed E-state index contributed by atoms with van der Waals surface area (Å²) < 4.78 is 50.6. The van der Waals surface area contributed by atoms with Gasteiger partial charge in [0.25, 0.3) is 0 Å². The topological polar surface area (TPSA) is 0 Å². The molecule has 0 heterocycles. The molecule has 0 nitrogen and oxygen atoms in total. The SMILES string of the molecule is FC(F)C(F)(F)c1ccc(C2CCCCC2)cc1. The van der Waals surface area contributed by atoms with E-state index in [1.54, 1.807) is 12.1 Å². The summed E-state index contributed by atoms with van der Waals surface area (Å²) in [6.45, 7) is 0. The normalized spacial score (nSPS) is 18.3. The number of rotatable bonds is 3. The van der Waals surface area contributed by atoms with Gasteiger partial charge in [-0.1, -0.05) is 43.5 Å². The molecule has 0 unspecified atom stereocenters. The highest BCUT2D eigenvalue weighted by atomic mass is 19.3. The van der Waals surface area contributed by atoms with Crippen molar-refractivity contribution in [2.75, 3.05) is 0 Å². The molecule has 0 atom stereocenters. The second-order valence-electron chi connectivity index (χ2n) is 4.88. The maximum atomic E-state index is 13.1. The van der Waals surface area contributed by atoms with Crippen LogP contribution in [0.1, 0.15) is 49.1 Å². The highest BCUT2D eigenvalue weighted by Gasteiger charge is 2.42. The van der Waals surface area contributed by atoms with Crippen LogP contribution in [-0.2, 0) is 5.92 Å². The standard InChI is InChI=1S/C14H16F4/c15-13(16)14(17,18)12-8-6-11(7-9-12)10-4-2-1-3-5-10/h6-10,13H,1-5H2. The predicted octanol–water partition coefficient (Wildman–Crippen LogP) is 5.09. The van der Waals surface area contributed by atoms with Crippen LogP contribution in [0, 0.1) is 0 Å². The molecule has 0 amide bonds. The highest BCUT2D eigenvalue weighted by molar-refractivity contribution is 5.28. The molecule has 0 bridgehead atoms. The maximum Gasteiger partial charge on any atom is 0.332 e. The van der Waals surface area contributed by atoms with Gasteiger partial charge in [-0.2, -0.15) is 8.78 Å². The molecule has 0 N–H and O–H groups in total. The zero-order valence-corrected chi connectivity index (χ0v) is 10.0. The largest absolute Gasteiger partial charge is 0.332 e. The first-order valence-electron chi connectivity index (χ1n) is 6.28. The Hall–Kier alpha value is -1.06. The van der Waals surface area contributed by atoms with Crippen molar-refractivity contribution in [2.45, 2.75) is 50.4 Å². The van der Waals surface area contributed by atoms with Crippen LogP contribution in [0.2, 0.25) is 0 Å². The summed E-state index contributed by atoms with van der Waals surface area (Å²) >= 11 is 0. The zero-order chi connectivity index (χ0) is 13.2. The Morgan fingerprint density at radius 2 is 1.50 bits per heavy atom. The first kappa shape index (κ1) is 13.4. The van der Waals surface area contributed by atoms with E-state index in [1.807, 2.05) is 0 Å². The third kappa shape index (κ3) is 2.68. The van der Waals surface area contributed by atoms with Crippen LogP contribution in [0.5, 0.6) is 0 Å². The van der Waals surface area contributed by atoms with Crippen molar-refractivity contribution < 1.29 is 17.6 Å². The van der Waals surface area contributed by atoms with Crippen molar-refractivity contribution in [1.82, 2.24) is 0 Å². The van der Waals surface area contributed by atoms with E-state index in [0.29, 0.717) is 5.92 Å². The van der Waals surface area contributed by atoms with Gasteiger partial charge >= 0.3 is 12.3 Å². The summed E-state index contributed by atoms with van der Waals surface area (Å²) in [6.07, 6.45) is 1.99. The van der Waals surface area contributed by atoms with Crippen LogP contribution in [-0.4, -0.2) is 6.43 Å². The van der Waals surface area contributed by atoms with Crippen molar-refractivity contribution in [2.24, 2.45) is 0 Å². The second-order valence-corrected chi connectivity index (χ2v) is 4.88. The molecule has 1 aliphatic carbocycles. The van der Waals surface area contributed by atoms with Crippen LogP contribution in [0.25, 0.3) is 0 Å². The van der Waals surface area contributed by atoms with E-state index < -0.39 is 17.9 Å². The lowest BCUT2D eigenvalue weighted by atomic mass is 9.84. The lowest BCUT2D eigenvalue weighted by Gasteiger charge is -2.23. The molecule has 1 aromatic rings. The Morgan fingerprint density at radius 1 is 0.944 bits per heavy atom. The van der Waals surface area contributed by atoms with E-state index in [1.165, 1.54) is 6.42 Å². The van der Waals surface area contributed by atoms with Crippen LogP contribution in [0.3, 0.4) is 0 Å². The second kappa shape index (κ2) is 5.29. The van der Waals surface area contributed by atoms with E-state index in [-0.39, 0.29) is 0 Å². The summed E-state index contributed by atoms with van der Waals surface area (Å²) in [5, 5.41) is 0. The van der Waals surface area contributed by atoms with Crippen molar-refractivity contribution in [3.63, 3.8) is 0 Å². The van der Waals surface area contributed by atoms with E-state index >= 15 is 0 Å². The Kier molecular flexibility index (Phi) is 3.93. The van der Waals surface area contributed by atoms with Gasteiger partial charge in [0.1, 0.15) is 0 Å². The minimum absolute atomic E-state index is 0.396. The number of alkyl halides is 4. The third-order valence-electron chi connectivity index (χ3n) is 3.65. The Morgan fingerprint density at radius 3 is 2.00 bits per heavy atom. The molecule has 2 rings (SSSR count). The van der Waals surface area contributed by atoms with Gasteiger partial charge in [-0.25, -0.2) is 8.78 Å². The fraction of sp³-hybridized carbons (Fsp3) is 0.571. The van der Waals surface area contributed by atoms with Gasteiger partial charge in [-0.15, -0.1) is 0 Å². The average molecular weight is 260 g/mol. The van der Waals surface area contributed by atoms with Crippen molar-refractivity contribution in [1.29, 1.82) is 0 Å². The molecule has 1 saturated carbocycles. The molecule has 0 saturated heterocycles. The monoisotopic (exact) mass is 260 g/mol. The Labute approximate surface area is 104 Å². The molecule has 1 aromatic carbocycles. The summed E-state index contributed by atoms with van der Waals surface area (Å²) in [5.74, 6) is -3.65. The zero-order valence-electron chi connectivity index (χ0n) is 10.0. The maximum absolute atomic E-state index is 13.1. The molecule has 0 aliphatic heterocycles. The molecular weight excluding hydrogens is 244 g/mol. The third-order valence-corrected chi connectivity index (χ3v) is 3.65. The molecule has 4 heteroatoms. The quantitative estimate of drug-likeness (QED) is 0.664. The number of halogens is 4. The van der Waals surface area contributed by atoms with Crippen molar-refractivity contribution >= 4 is 0 Å². The molecule has 100 valence electrons. The summed E-state index contributed by atoms with van der Waals surface area (Å²) in [4.78, 5) is 0. The van der Waals surface area contributed by atoms with Gasteiger partial charge in [0.05, 0.1) is 0 Å². The highest BCUT2D eigenvalue weighted by Crippen LogP contribution is 2.37. The molecule has 0 radical (unpaired) electrons. The first-order chi connectivity index (χ1) is 8.51. The molecule has 1 fully saturated rings. The van der Waals surface area contributed by atoms with E-state index in [9.17, 15) is 17.6 Å². The van der Waals surface area contributed by atoms with E-state index in [0.717, 1.165) is 43.4 Å². The molecule has 18 heavy (non-hydrogen) atoms. The van der Waals surface area contributed by atoms with Gasteiger partial charge in [-0.3, -0.25) is 0 Å². The first-order valence-corrected chi connectivity index (χ1v) is 6.28. The lowest BCUT2D eigenvalue weighted by Crippen LogP contribution is -2.23. The Balaban J connectivity index is 2.14. The summed E-state index contributed by atoms with van der Waals surface area (Å²) in [6, 6.07) is 5.41. The van der Waals surface area contributed by atoms with Gasteiger partial charge in [0, 0.05) is 5.56 Å². The number of hydrogen-bond acceptors (Lipinski definition) is 0. The van der Waals surface area contributed by atoms with Gasteiger partial charge in [-0.05, 0) is 24.3 Å². The fourth-order valence-corrected chi connectivity index (χ4v) is 2.54. The van der Waals surface area contributed by atoms with Gasteiger partial charge in [0.15, 0.2) is 0 Å². The minimum Gasteiger partial charge on any atom is -0.203 e. The average Bonchev–Trinajstić information content (AvgIpc) is 2.40. The smallest absolute Gasteiger partial charge is 0.203 e. The van der Waals surface area contributed by atoms with Crippen LogP contribution >= 0.6 is 0 Å². The van der Waals surface area contributed by atoms with Crippen LogP contribution < -0.4 is 0 Å². The molecule has 1 aliphatic rings. The van der Waals surface area contributed by atoms with Gasteiger partial charge in [0.2, 0.25) is 0 Å². The Bertz CT molecular complexity index is 377. The number of hydrogen-bond donors (Lipinski definition) is 0. The van der Waals surface area contributed by atoms with Gasteiger partial charge < -0.3 is 0 Å². The number of benzene rings is 1. The lowest BCUT2D eigenvalue weighted by molar-refractivity contribution is -0.135. The van der Waals surface area contributed by atoms with Crippen molar-refractivity contribution in [3.05, 3.63) is 35.4 Å². The van der Waals surface area contributed by atoms with E-state index in [4.69, 9.17) is 0 Å². The molecular formula is C14H16F4. The minimum atomic E-state index is -4.05. The van der Waals surface area contributed by atoms with Crippen molar-refractivity contribution in [3.8, 4) is 0 Å². The van der Waals surface area contributed by atoms with Crippen LogP contribution in [0.15, 0.2) is 24.3 Å². The van der Waals surface area contributed by atoms with E-state index in [2.05, 4.69) is 0 Å².